The fraction of sp³-hybridized carbons (Fsp3) is 0.429. The molecule has 1 aromatic carbocycles. The number of anilines is 1. The van der Waals surface area contributed by atoms with Crippen molar-refractivity contribution in [3.05, 3.63) is 28.2 Å². The van der Waals surface area contributed by atoms with Crippen molar-refractivity contribution < 1.29 is 14.7 Å². The molecule has 6 heteroatoms. The zero-order valence-electron chi connectivity index (χ0n) is 11.2. The van der Waals surface area contributed by atoms with Gasteiger partial charge in [-0.2, -0.15) is 0 Å². The SMILES string of the molecule is CC1CC(C(=O)O)CCN1c1cc(Br)ccc1C(N)=O. The summed E-state index contributed by atoms with van der Waals surface area (Å²) in [5.74, 6) is -1.54. The van der Waals surface area contributed by atoms with E-state index in [1.807, 2.05) is 13.0 Å². The third-order valence-corrected chi connectivity index (χ3v) is 4.25. The Kier molecular flexibility index (Phi) is 4.32. The topological polar surface area (TPSA) is 83.6 Å². The Labute approximate surface area is 125 Å². The van der Waals surface area contributed by atoms with Crippen LogP contribution in [0.4, 0.5) is 5.69 Å². The molecule has 1 saturated heterocycles. The van der Waals surface area contributed by atoms with Gasteiger partial charge in [0.05, 0.1) is 17.2 Å². The van der Waals surface area contributed by atoms with Gasteiger partial charge in [-0.1, -0.05) is 15.9 Å². The third kappa shape index (κ3) is 2.95. The van der Waals surface area contributed by atoms with Gasteiger partial charge in [-0.05, 0) is 38.0 Å². The van der Waals surface area contributed by atoms with Crippen LogP contribution >= 0.6 is 15.9 Å². The van der Waals surface area contributed by atoms with E-state index in [1.165, 1.54) is 0 Å². The fourth-order valence-electron chi connectivity index (χ4n) is 2.71. The molecular weight excluding hydrogens is 324 g/mol. The number of primary amides is 1. The van der Waals surface area contributed by atoms with Crippen molar-refractivity contribution in [2.45, 2.75) is 25.8 Å². The fourth-order valence-corrected chi connectivity index (χ4v) is 3.05. The molecule has 5 nitrogen and oxygen atoms in total. The number of carbonyl (C=O) groups is 2. The van der Waals surface area contributed by atoms with E-state index in [0.29, 0.717) is 24.9 Å². The second-order valence-corrected chi connectivity index (χ2v) is 6.04. The van der Waals surface area contributed by atoms with Crippen LogP contribution < -0.4 is 10.6 Å². The first-order valence-corrected chi connectivity index (χ1v) is 7.28. The standard InChI is InChI=1S/C14H17BrN2O3/c1-8-6-9(14(19)20)4-5-17(8)12-7-10(15)2-3-11(12)13(16)18/h2-3,7-9H,4-6H2,1H3,(H2,16,18)(H,19,20). The second kappa shape index (κ2) is 5.83. The molecule has 1 amide bonds. The summed E-state index contributed by atoms with van der Waals surface area (Å²) in [6.45, 7) is 2.58. The average molecular weight is 341 g/mol. The third-order valence-electron chi connectivity index (χ3n) is 3.76. The van der Waals surface area contributed by atoms with Crippen LogP contribution in [0.1, 0.15) is 30.1 Å². The Hall–Kier alpha value is -1.56. The summed E-state index contributed by atoms with van der Waals surface area (Å²) in [6.07, 6.45) is 1.14. The smallest absolute Gasteiger partial charge is 0.306 e. The number of carbonyl (C=O) groups excluding carboxylic acids is 1. The largest absolute Gasteiger partial charge is 0.481 e. The normalized spacial score (nSPS) is 22.6. The lowest BCUT2D eigenvalue weighted by Gasteiger charge is -2.38. The molecule has 1 fully saturated rings. The van der Waals surface area contributed by atoms with Crippen LogP contribution in [0.5, 0.6) is 0 Å². The van der Waals surface area contributed by atoms with E-state index >= 15 is 0 Å². The summed E-state index contributed by atoms with van der Waals surface area (Å²) >= 11 is 3.39. The highest BCUT2D eigenvalue weighted by atomic mass is 79.9. The van der Waals surface area contributed by atoms with E-state index in [-0.39, 0.29) is 12.0 Å². The minimum Gasteiger partial charge on any atom is -0.481 e. The van der Waals surface area contributed by atoms with Crippen molar-refractivity contribution in [2.24, 2.45) is 11.7 Å². The predicted molar refractivity (Wildman–Crippen MR) is 79.8 cm³/mol. The molecule has 1 aliphatic rings. The van der Waals surface area contributed by atoms with Crippen LogP contribution in [0.3, 0.4) is 0 Å². The van der Waals surface area contributed by atoms with Crippen molar-refractivity contribution in [1.82, 2.24) is 0 Å². The molecule has 0 spiro atoms. The average Bonchev–Trinajstić information content (AvgIpc) is 2.37. The van der Waals surface area contributed by atoms with Gasteiger partial charge in [0.2, 0.25) is 0 Å². The first-order chi connectivity index (χ1) is 9.40. The van der Waals surface area contributed by atoms with Crippen LogP contribution in [0, 0.1) is 5.92 Å². The van der Waals surface area contributed by atoms with Crippen molar-refractivity contribution in [2.75, 3.05) is 11.4 Å². The van der Waals surface area contributed by atoms with Crippen molar-refractivity contribution in [3.8, 4) is 0 Å². The van der Waals surface area contributed by atoms with Crippen molar-refractivity contribution in [3.63, 3.8) is 0 Å². The number of carboxylic acids is 1. The number of hydrogen-bond donors (Lipinski definition) is 2. The maximum Gasteiger partial charge on any atom is 0.306 e. The van der Waals surface area contributed by atoms with Gasteiger partial charge in [0.15, 0.2) is 0 Å². The number of amides is 1. The number of carboxylic acid groups (broad SMARTS) is 1. The summed E-state index contributed by atoms with van der Waals surface area (Å²) < 4.78 is 0.866. The minimum atomic E-state index is -0.749. The summed E-state index contributed by atoms with van der Waals surface area (Å²) in [6, 6.07) is 5.38. The molecule has 1 heterocycles. The Morgan fingerprint density at radius 1 is 1.45 bits per heavy atom. The maximum atomic E-state index is 11.5. The molecule has 0 radical (unpaired) electrons. The zero-order valence-corrected chi connectivity index (χ0v) is 12.8. The quantitative estimate of drug-likeness (QED) is 0.883. The molecule has 1 aromatic rings. The van der Waals surface area contributed by atoms with E-state index < -0.39 is 11.9 Å². The molecular formula is C14H17BrN2O3. The van der Waals surface area contributed by atoms with E-state index in [9.17, 15) is 9.59 Å². The van der Waals surface area contributed by atoms with Gasteiger partial charge in [-0.15, -0.1) is 0 Å². The van der Waals surface area contributed by atoms with Gasteiger partial charge in [0.25, 0.3) is 5.91 Å². The van der Waals surface area contributed by atoms with Gasteiger partial charge < -0.3 is 15.7 Å². The van der Waals surface area contributed by atoms with E-state index in [0.717, 1.165) is 10.2 Å². The molecule has 2 atom stereocenters. The highest BCUT2D eigenvalue weighted by molar-refractivity contribution is 9.10. The number of hydrogen-bond acceptors (Lipinski definition) is 3. The molecule has 0 aromatic heterocycles. The molecule has 108 valence electrons. The number of nitrogens with two attached hydrogens (primary N) is 1. The van der Waals surface area contributed by atoms with Gasteiger partial charge >= 0.3 is 5.97 Å². The Bertz CT molecular complexity index is 547. The molecule has 2 rings (SSSR count). The number of nitrogens with zero attached hydrogens (tertiary/aromatic N) is 1. The zero-order chi connectivity index (χ0) is 14.9. The number of benzene rings is 1. The molecule has 1 aliphatic heterocycles. The van der Waals surface area contributed by atoms with Crippen LogP contribution in [0.2, 0.25) is 0 Å². The van der Waals surface area contributed by atoms with E-state index in [4.69, 9.17) is 10.8 Å². The van der Waals surface area contributed by atoms with E-state index in [1.54, 1.807) is 12.1 Å². The van der Waals surface area contributed by atoms with Crippen molar-refractivity contribution in [1.29, 1.82) is 0 Å². The summed E-state index contributed by atoms with van der Waals surface area (Å²) in [7, 11) is 0. The van der Waals surface area contributed by atoms with Crippen LogP contribution in [-0.2, 0) is 4.79 Å². The number of piperidine rings is 1. The molecule has 0 saturated carbocycles. The van der Waals surface area contributed by atoms with Crippen LogP contribution in [0.15, 0.2) is 22.7 Å². The van der Waals surface area contributed by atoms with Gasteiger partial charge in [-0.3, -0.25) is 9.59 Å². The maximum absolute atomic E-state index is 11.5. The second-order valence-electron chi connectivity index (χ2n) is 5.13. The molecule has 20 heavy (non-hydrogen) atoms. The molecule has 0 bridgehead atoms. The summed E-state index contributed by atoms with van der Waals surface area (Å²) in [4.78, 5) is 24.7. The lowest BCUT2D eigenvalue weighted by molar-refractivity contribution is -0.142. The van der Waals surface area contributed by atoms with Crippen molar-refractivity contribution >= 4 is 33.5 Å². The molecule has 3 N–H and O–H groups in total. The lowest BCUT2D eigenvalue weighted by Crippen LogP contribution is -2.43. The Morgan fingerprint density at radius 3 is 2.70 bits per heavy atom. The summed E-state index contributed by atoms with van der Waals surface area (Å²) in [5, 5.41) is 9.10. The van der Waals surface area contributed by atoms with Crippen LogP contribution in [-0.4, -0.2) is 29.6 Å². The monoisotopic (exact) mass is 340 g/mol. The first kappa shape index (κ1) is 14.8. The molecule has 0 aliphatic carbocycles. The minimum absolute atomic E-state index is 0.0530. The number of rotatable bonds is 3. The van der Waals surface area contributed by atoms with E-state index in [2.05, 4.69) is 20.8 Å². The highest BCUT2D eigenvalue weighted by Crippen LogP contribution is 2.32. The van der Waals surface area contributed by atoms with Gasteiger partial charge in [0.1, 0.15) is 0 Å². The molecule has 2 unspecified atom stereocenters. The summed E-state index contributed by atoms with van der Waals surface area (Å²) in [5.41, 5.74) is 6.65. The first-order valence-electron chi connectivity index (χ1n) is 6.49. The highest BCUT2D eigenvalue weighted by Gasteiger charge is 2.31. The van der Waals surface area contributed by atoms with Gasteiger partial charge in [0, 0.05) is 17.1 Å². The van der Waals surface area contributed by atoms with Gasteiger partial charge in [-0.25, -0.2) is 0 Å². The lowest BCUT2D eigenvalue weighted by atomic mass is 9.91. The Morgan fingerprint density at radius 2 is 2.15 bits per heavy atom. The predicted octanol–water partition coefficient (Wildman–Crippen LogP) is 2.24. The number of halogens is 1. The van der Waals surface area contributed by atoms with Crippen LogP contribution in [0.25, 0.3) is 0 Å². The Balaban J connectivity index is 2.30. The number of aliphatic carboxylic acids is 1.